The summed E-state index contributed by atoms with van der Waals surface area (Å²) < 4.78 is 90.8. The zero-order valence-electron chi connectivity index (χ0n) is 21.5. The van der Waals surface area contributed by atoms with Crippen molar-refractivity contribution in [3.8, 4) is 17.2 Å². The first-order valence-electron chi connectivity index (χ1n) is 11.8. The van der Waals surface area contributed by atoms with Gasteiger partial charge in [0.05, 0.1) is 37.6 Å². The average Bonchev–Trinajstić information content (AvgIpc) is 3.36. The Morgan fingerprint density at radius 1 is 0.854 bits per heavy atom. The molecule has 1 heterocycles. The molecule has 1 aromatic heterocycles. The number of hydrogen-bond donors (Lipinski definition) is 1. The number of halogens is 6. The summed E-state index contributed by atoms with van der Waals surface area (Å²) in [6, 6.07) is 13.5. The van der Waals surface area contributed by atoms with E-state index < -0.39 is 29.4 Å². The zero-order chi connectivity index (χ0) is 29.8. The molecule has 0 saturated heterocycles. The van der Waals surface area contributed by atoms with Crippen LogP contribution in [0.3, 0.4) is 0 Å². The fourth-order valence-corrected chi connectivity index (χ4v) is 4.69. The lowest BCUT2D eigenvalue weighted by atomic mass is 10.1. The lowest BCUT2D eigenvalue weighted by molar-refractivity contribution is -0.138. The normalized spacial score (nSPS) is 11.8. The predicted octanol–water partition coefficient (Wildman–Crippen LogP) is 6.54. The van der Waals surface area contributed by atoms with Crippen LogP contribution in [0.1, 0.15) is 32.9 Å². The Labute approximate surface area is 234 Å². The van der Waals surface area contributed by atoms with Gasteiger partial charge in [0.15, 0.2) is 22.5 Å². The molecule has 0 aliphatic heterocycles. The lowest BCUT2D eigenvalue weighted by Crippen LogP contribution is -2.24. The van der Waals surface area contributed by atoms with Crippen molar-refractivity contribution >= 4 is 17.7 Å². The lowest BCUT2D eigenvalue weighted by Gasteiger charge is -2.14. The number of nitrogens with one attached hydrogen (secondary N) is 1. The van der Waals surface area contributed by atoms with E-state index in [0.29, 0.717) is 17.1 Å². The molecule has 1 N–H and O–H groups in total. The van der Waals surface area contributed by atoms with Crippen molar-refractivity contribution in [3.05, 3.63) is 94.8 Å². The zero-order valence-corrected chi connectivity index (χ0v) is 22.3. The molecule has 4 rings (SSSR count). The first kappa shape index (κ1) is 29.8. The van der Waals surface area contributed by atoms with Gasteiger partial charge in [-0.2, -0.15) is 26.3 Å². The summed E-state index contributed by atoms with van der Waals surface area (Å²) in [5, 5.41) is 11.0. The molecule has 0 aliphatic rings. The Bertz CT molecular complexity index is 1520. The van der Waals surface area contributed by atoms with Crippen LogP contribution in [0.25, 0.3) is 5.69 Å². The van der Waals surface area contributed by atoms with Crippen LogP contribution < -0.4 is 14.8 Å². The minimum absolute atomic E-state index is 0.0927. The largest absolute Gasteiger partial charge is 0.493 e. The highest BCUT2D eigenvalue weighted by atomic mass is 32.2. The first-order chi connectivity index (χ1) is 19.4. The van der Waals surface area contributed by atoms with Crippen molar-refractivity contribution in [2.45, 2.75) is 29.8 Å². The van der Waals surface area contributed by atoms with Gasteiger partial charge in [-0.1, -0.05) is 30.0 Å². The highest BCUT2D eigenvalue weighted by Crippen LogP contribution is 2.33. The monoisotopic (exact) mass is 596 g/mol. The minimum Gasteiger partial charge on any atom is -0.493 e. The van der Waals surface area contributed by atoms with Crippen LogP contribution in [0.2, 0.25) is 0 Å². The summed E-state index contributed by atoms with van der Waals surface area (Å²) in [6.07, 6.45) is -9.09. The van der Waals surface area contributed by atoms with E-state index in [2.05, 4.69) is 15.5 Å². The fraction of sp³-hybridized carbons (Fsp3) is 0.222. The number of amides is 1. The molecular formula is C27H22F6N4O3S. The van der Waals surface area contributed by atoms with Crippen molar-refractivity contribution in [1.29, 1.82) is 0 Å². The number of benzene rings is 3. The number of ether oxygens (including phenoxy) is 2. The van der Waals surface area contributed by atoms with Gasteiger partial charge in [0.1, 0.15) is 0 Å². The van der Waals surface area contributed by atoms with Gasteiger partial charge in [-0.15, -0.1) is 10.2 Å². The van der Waals surface area contributed by atoms with Crippen molar-refractivity contribution in [2.24, 2.45) is 0 Å². The number of rotatable bonds is 9. The molecule has 1 amide bonds. The van der Waals surface area contributed by atoms with Crippen molar-refractivity contribution in [2.75, 3.05) is 14.2 Å². The molecule has 0 radical (unpaired) electrons. The number of hydrogen-bond acceptors (Lipinski definition) is 6. The second-order valence-electron chi connectivity index (χ2n) is 8.52. The molecule has 4 aromatic rings. The highest BCUT2D eigenvalue weighted by molar-refractivity contribution is 7.98. The molecule has 216 valence electrons. The second kappa shape index (κ2) is 12.1. The molecule has 14 heteroatoms. The van der Waals surface area contributed by atoms with Gasteiger partial charge < -0.3 is 14.8 Å². The molecule has 3 aromatic carbocycles. The minimum atomic E-state index is -4.61. The Morgan fingerprint density at radius 3 is 2.17 bits per heavy atom. The van der Waals surface area contributed by atoms with E-state index in [-0.39, 0.29) is 34.5 Å². The van der Waals surface area contributed by atoms with Crippen LogP contribution in [-0.4, -0.2) is 34.9 Å². The molecule has 0 fully saturated rings. The Morgan fingerprint density at radius 2 is 1.54 bits per heavy atom. The smallest absolute Gasteiger partial charge is 0.416 e. The van der Waals surface area contributed by atoms with E-state index in [4.69, 9.17) is 9.47 Å². The highest BCUT2D eigenvalue weighted by Gasteiger charge is 2.31. The maximum atomic E-state index is 13.5. The van der Waals surface area contributed by atoms with E-state index in [1.807, 2.05) is 0 Å². The van der Waals surface area contributed by atoms with Gasteiger partial charge in [-0.05, 0) is 54.1 Å². The number of alkyl halides is 6. The molecule has 0 atom stereocenters. The van der Waals surface area contributed by atoms with Crippen LogP contribution in [0.5, 0.6) is 11.5 Å². The SMILES string of the molecule is COc1ccc(C(=O)NCc2nnc(SCc3ccc(C(F)(F)F)cc3)n2-c2cccc(C(F)(F)F)c2)cc1OC. The molecular weight excluding hydrogens is 574 g/mol. The molecule has 0 saturated carbocycles. The quantitative estimate of drug-likeness (QED) is 0.175. The number of thioether (sulfide) groups is 1. The number of aromatic nitrogens is 3. The summed E-state index contributed by atoms with van der Waals surface area (Å²) in [4.78, 5) is 12.8. The van der Waals surface area contributed by atoms with E-state index >= 15 is 0 Å². The Balaban J connectivity index is 1.61. The average molecular weight is 597 g/mol. The van der Waals surface area contributed by atoms with E-state index in [9.17, 15) is 31.1 Å². The van der Waals surface area contributed by atoms with Crippen LogP contribution in [0.4, 0.5) is 26.3 Å². The third-order valence-electron chi connectivity index (χ3n) is 5.83. The van der Waals surface area contributed by atoms with E-state index in [1.54, 1.807) is 6.07 Å². The van der Waals surface area contributed by atoms with Crippen LogP contribution in [-0.2, 0) is 24.7 Å². The Hall–Kier alpha value is -4.20. The topological polar surface area (TPSA) is 78.3 Å². The fourth-order valence-electron chi connectivity index (χ4n) is 3.77. The van der Waals surface area contributed by atoms with Crippen molar-refractivity contribution in [3.63, 3.8) is 0 Å². The van der Waals surface area contributed by atoms with Crippen LogP contribution in [0, 0.1) is 0 Å². The maximum Gasteiger partial charge on any atom is 0.416 e. The van der Waals surface area contributed by atoms with Gasteiger partial charge in [0.25, 0.3) is 5.91 Å². The summed E-state index contributed by atoms with van der Waals surface area (Å²) in [7, 11) is 2.87. The predicted molar refractivity (Wildman–Crippen MR) is 138 cm³/mol. The number of carbonyl (C=O) groups excluding carboxylic acids is 1. The first-order valence-corrected chi connectivity index (χ1v) is 12.8. The van der Waals surface area contributed by atoms with Gasteiger partial charge in [-0.3, -0.25) is 9.36 Å². The maximum absolute atomic E-state index is 13.5. The van der Waals surface area contributed by atoms with Gasteiger partial charge in [-0.25, -0.2) is 0 Å². The summed E-state index contributed by atoms with van der Waals surface area (Å²) >= 11 is 1.07. The van der Waals surface area contributed by atoms with Gasteiger partial charge in [0, 0.05) is 11.3 Å². The van der Waals surface area contributed by atoms with Gasteiger partial charge in [0.2, 0.25) is 0 Å². The molecule has 0 unspecified atom stereocenters. The number of nitrogens with zero attached hydrogens (tertiary/aromatic N) is 3. The van der Waals surface area contributed by atoms with Gasteiger partial charge >= 0.3 is 12.4 Å². The number of methoxy groups -OCH3 is 2. The van der Waals surface area contributed by atoms with Crippen molar-refractivity contribution in [1.82, 2.24) is 20.1 Å². The number of carbonyl (C=O) groups is 1. The molecule has 41 heavy (non-hydrogen) atoms. The second-order valence-corrected chi connectivity index (χ2v) is 9.46. The van der Waals surface area contributed by atoms with Crippen LogP contribution in [0.15, 0.2) is 71.9 Å². The van der Waals surface area contributed by atoms with Crippen LogP contribution >= 0.6 is 11.8 Å². The molecule has 0 spiro atoms. The van der Waals surface area contributed by atoms with E-state index in [0.717, 1.165) is 36.0 Å². The Kier molecular flexibility index (Phi) is 8.80. The molecule has 7 nitrogen and oxygen atoms in total. The summed E-state index contributed by atoms with van der Waals surface area (Å²) in [5.74, 6) is 0.529. The van der Waals surface area contributed by atoms with E-state index in [1.165, 1.54) is 55.2 Å². The molecule has 0 bridgehead atoms. The summed E-state index contributed by atoms with van der Waals surface area (Å²) in [6.45, 7) is -0.197. The van der Waals surface area contributed by atoms with Crippen molar-refractivity contribution < 1.29 is 40.6 Å². The standard InChI is InChI=1S/C27H22F6N4O3S/c1-39-21-11-8-17(12-22(21)40-2)24(38)34-14-23-35-36-25(37(23)20-5-3-4-19(13-20)27(31,32)33)41-15-16-6-9-18(10-7-16)26(28,29)30/h3-13H,14-15H2,1-2H3,(H,34,38). The third-order valence-corrected chi connectivity index (χ3v) is 6.83. The third kappa shape index (κ3) is 7.12. The summed E-state index contributed by atoms with van der Waals surface area (Å²) in [5.41, 5.74) is -0.835. The molecule has 0 aliphatic carbocycles.